The van der Waals surface area contributed by atoms with Crippen molar-refractivity contribution in [2.24, 2.45) is 0 Å². The lowest BCUT2D eigenvalue weighted by atomic mass is 9.87. The van der Waals surface area contributed by atoms with Crippen molar-refractivity contribution in [3.8, 4) is 5.75 Å². The van der Waals surface area contributed by atoms with Gasteiger partial charge < -0.3 is 10.1 Å². The van der Waals surface area contributed by atoms with Crippen LogP contribution in [0, 0.1) is 0 Å². The first-order chi connectivity index (χ1) is 7.86. The van der Waals surface area contributed by atoms with Gasteiger partial charge in [-0.25, -0.2) is 0 Å². The molecule has 0 saturated carbocycles. The molecule has 2 nitrogen and oxygen atoms in total. The molecule has 16 heavy (non-hydrogen) atoms. The number of hydrogen-bond donors (Lipinski definition) is 1. The Balaban J connectivity index is 2.01. The lowest BCUT2D eigenvalue weighted by molar-refractivity contribution is 0.357. The molecule has 1 atom stereocenters. The molecule has 0 aliphatic carbocycles. The molecule has 1 unspecified atom stereocenters. The van der Waals surface area contributed by atoms with Crippen LogP contribution < -0.4 is 10.1 Å². The summed E-state index contributed by atoms with van der Waals surface area (Å²) in [5.74, 6) is 1.61. The maximum absolute atomic E-state index is 6.36. The SMILES string of the molecule is Clc1ccc2c(c1C1CCCNC1)CCO2. The normalized spacial score (nSPS) is 23.9. The van der Waals surface area contributed by atoms with Gasteiger partial charge in [-0.1, -0.05) is 11.6 Å². The Morgan fingerprint density at radius 3 is 3.12 bits per heavy atom. The largest absolute Gasteiger partial charge is 0.493 e. The Labute approximate surface area is 101 Å². The van der Waals surface area contributed by atoms with Crippen LogP contribution >= 0.6 is 11.6 Å². The quantitative estimate of drug-likeness (QED) is 0.811. The number of benzene rings is 1. The van der Waals surface area contributed by atoms with Crippen molar-refractivity contribution in [2.45, 2.75) is 25.2 Å². The van der Waals surface area contributed by atoms with E-state index in [2.05, 4.69) is 5.32 Å². The molecule has 0 spiro atoms. The van der Waals surface area contributed by atoms with Crippen LogP contribution in [0.3, 0.4) is 0 Å². The van der Waals surface area contributed by atoms with Crippen LogP contribution in [0.2, 0.25) is 5.02 Å². The summed E-state index contributed by atoms with van der Waals surface area (Å²) in [7, 11) is 0. The molecule has 2 aliphatic rings. The van der Waals surface area contributed by atoms with Crippen LogP contribution in [0.4, 0.5) is 0 Å². The van der Waals surface area contributed by atoms with Crippen molar-refractivity contribution >= 4 is 11.6 Å². The van der Waals surface area contributed by atoms with Gasteiger partial charge in [0.05, 0.1) is 6.61 Å². The van der Waals surface area contributed by atoms with Crippen LogP contribution in [0.15, 0.2) is 12.1 Å². The molecule has 0 radical (unpaired) electrons. The van der Waals surface area contributed by atoms with Crippen LogP contribution in [0.1, 0.15) is 29.9 Å². The summed E-state index contributed by atoms with van der Waals surface area (Å²) in [5.41, 5.74) is 2.69. The van der Waals surface area contributed by atoms with Gasteiger partial charge in [0.2, 0.25) is 0 Å². The second-order valence-electron chi connectivity index (χ2n) is 4.58. The number of rotatable bonds is 1. The smallest absolute Gasteiger partial charge is 0.123 e. The highest BCUT2D eigenvalue weighted by Crippen LogP contribution is 2.39. The number of piperidine rings is 1. The molecule has 86 valence electrons. The molecule has 1 fully saturated rings. The molecule has 3 heteroatoms. The van der Waals surface area contributed by atoms with E-state index in [9.17, 15) is 0 Å². The maximum atomic E-state index is 6.36. The molecule has 1 saturated heterocycles. The van der Waals surface area contributed by atoms with E-state index in [-0.39, 0.29) is 0 Å². The van der Waals surface area contributed by atoms with Gasteiger partial charge in [0.25, 0.3) is 0 Å². The number of fused-ring (bicyclic) bond motifs is 1. The summed E-state index contributed by atoms with van der Waals surface area (Å²) in [6.45, 7) is 3.00. The highest BCUT2D eigenvalue weighted by Gasteiger charge is 2.25. The minimum Gasteiger partial charge on any atom is -0.493 e. The Hall–Kier alpha value is -0.730. The lowest BCUT2D eigenvalue weighted by Gasteiger charge is -2.25. The minimum atomic E-state index is 0.567. The summed E-state index contributed by atoms with van der Waals surface area (Å²) >= 11 is 6.36. The minimum absolute atomic E-state index is 0.567. The fraction of sp³-hybridized carbons (Fsp3) is 0.538. The predicted octanol–water partition coefficient (Wildman–Crippen LogP) is 2.74. The first-order valence-electron chi connectivity index (χ1n) is 6.01. The van der Waals surface area contributed by atoms with E-state index in [4.69, 9.17) is 16.3 Å². The Morgan fingerprint density at radius 2 is 2.31 bits per heavy atom. The van der Waals surface area contributed by atoms with Crippen molar-refractivity contribution in [1.82, 2.24) is 5.32 Å². The molecule has 2 aliphatic heterocycles. The molecule has 0 aromatic heterocycles. The van der Waals surface area contributed by atoms with Crippen LogP contribution in [0.5, 0.6) is 5.75 Å². The Bertz CT molecular complexity index is 399. The fourth-order valence-electron chi connectivity index (χ4n) is 2.81. The summed E-state index contributed by atoms with van der Waals surface area (Å²) in [6, 6.07) is 3.99. The zero-order chi connectivity index (χ0) is 11.0. The third-order valence-electron chi connectivity index (χ3n) is 3.58. The zero-order valence-electron chi connectivity index (χ0n) is 9.26. The Morgan fingerprint density at radius 1 is 1.38 bits per heavy atom. The molecular formula is C13H16ClNO. The molecule has 2 heterocycles. The van der Waals surface area contributed by atoms with Gasteiger partial charge >= 0.3 is 0 Å². The average Bonchev–Trinajstić information content (AvgIpc) is 2.78. The third kappa shape index (κ3) is 1.70. The fourth-order valence-corrected chi connectivity index (χ4v) is 3.14. The van der Waals surface area contributed by atoms with Crippen LogP contribution in [-0.2, 0) is 6.42 Å². The summed E-state index contributed by atoms with van der Waals surface area (Å²) in [6.07, 6.45) is 3.50. The molecule has 1 N–H and O–H groups in total. The van der Waals surface area contributed by atoms with E-state index in [0.717, 1.165) is 36.9 Å². The van der Waals surface area contributed by atoms with Crippen LogP contribution in [0.25, 0.3) is 0 Å². The van der Waals surface area contributed by atoms with Crippen molar-refractivity contribution in [3.05, 3.63) is 28.3 Å². The van der Waals surface area contributed by atoms with Crippen molar-refractivity contribution in [3.63, 3.8) is 0 Å². The predicted molar refractivity (Wildman–Crippen MR) is 65.5 cm³/mol. The van der Waals surface area contributed by atoms with E-state index in [0.29, 0.717) is 5.92 Å². The summed E-state index contributed by atoms with van der Waals surface area (Å²) in [5, 5.41) is 4.37. The van der Waals surface area contributed by atoms with E-state index in [1.54, 1.807) is 0 Å². The molecular weight excluding hydrogens is 222 g/mol. The van der Waals surface area contributed by atoms with Crippen LogP contribution in [-0.4, -0.2) is 19.7 Å². The van der Waals surface area contributed by atoms with Crippen molar-refractivity contribution < 1.29 is 4.74 Å². The van der Waals surface area contributed by atoms with Gasteiger partial charge in [0, 0.05) is 23.6 Å². The van der Waals surface area contributed by atoms with Crippen molar-refractivity contribution in [1.29, 1.82) is 0 Å². The molecule has 0 bridgehead atoms. The lowest BCUT2D eigenvalue weighted by Crippen LogP contribution is -2.29. The Kier molecular flexibility index (Phi) is 2.78. The van der Waals surface area contributed by atoms with Gasteiger partial charge in [-0.3, -0.25) is 0 Å². The van der Waals surface area contributed by atoms with Gasteiger partial charge in [0.15, 0.2) is 0 Å². The van der Waals surface area contributed by atoms with E-state index >= 15 is 0 Å². The molecule has 1 aromatic rings. The second-order valence-corrected chi connectivity index (χ2v) is 4.99. The average molecular weight is 238 g/mol. The molecule has 3 rings (SSSR count). The molecule has 1 aromatic carbocycles. The van der Waals surface area contributed by atoms with E-state index < -0.39 is 0 Å². The van der Waals surface area contributed by atoms with Crippen molar-refractivity contribution in [2.75, 3.05) is 19.7 Å². The number of hydrogen-bond acceptors (Lipinski definition) is 2. The first kappa shape index (κ1) is 10.4. The highest BCUT2D eigenvalue weighted by molar-refractivity contribution is 6.31. The third-order valence-corrected chi connectivity index (χ3v) is 3.91. The number of ether oxygens (including phenoxy) is 1. The van der Waals surface area contributed by atoms with Gasteiger partial charge in [0.1, 0.15) is 5.75 Å². The van der Waals surface area contributed by atoms with Gasteiger partial charge in [-0.15, -0.1) is 0 Å². The van der Waals surface area contributed by atoms with Gasteiger partial charge in [-0.05, 0) is 43.0 Å². The molecule has 0 amide bonds. The summed E-state index contributed by atoms with van der Waals surface area (Å²) < 4.78 is 5.61. The number of halogens is 1. The standard InChI is InChI=1S/C13H16ClNO/c14-11-3-4-12-10(5-7-16-12)13(11)9-2-1-6-15-8-9/h3-4,9,15H,1-2,5-8H2. The highest BCUT2D eigenvalue weighted by atomic mass is 35.5. The van der Waals surface area contributed by atoms with E-state index in [1.165, 1.54) is 24.0 Å². The topological polar surface area (TPSA) is 21.3 Å². The summed E-state index contributed by atoms with van der Waals surface area (Å²) in [4.78, 5) is 0. The van der Waals surface area contributed by atoms with E-state index in [1.807, 2.05) is 12.1 Å². The van der Waals surface area contributed by atoms with Gasteiger partial charge in [-0.2, -0.15) is 0 Å². The first-order valence-corrected chi connectivity index (χ1v) is 6.39. The zero-order valence-corrected chi connectivity index (χ0v) is 10.0. The monoisotopic (exact) mass is 237 g/mol. The second kappa shape index (κ2) is 4.27. The maximum Gasteiger partial charge on any atom is 0.123 e. The number of nitrogens with one attached hydrogen (secondary N) is 1.